The second-order valence-corrected chi connectivity index (χ2v) is 6.34. The van der Waals surface area contributed by atoms with Gasteiger partial charge in [0.05, 0.1) is 18.3 Å². The first-order chi connectivity index (χ1) is 12.4. The van der Waals surface area contributed by atoms with Crippen LogP contribution in [0.25, 0.3) is 0 Å². The summed E-state index contributed by atoms with van der Waals surface area (Å²) in [7, 11) is 3.40. The van der Waals surface area contributed by atoms with E-state index in [-0.39, 0.29) is 24.5 Å². The van der Waals surface area contributed by atoms with Crippen molar-refractivity contribution in [2.75, 3.05) is 31.3 Å². The average molecular weight is 355 g/mol. The number of ether oxygens (including phenoxy) is 1. The van der Waals surface area contributed by atoms with Crippen LogP contribution in [-0.4, -0.2) is 43.5 Å². The van der Waals surface area contributed by atoms with Crippen LogP contribution in [0.4, 0.5) is 11.4 Å². The molecule has 0 aliphatic rings. The second kappa shape index (κ2) is 8.89. The molecule has 2 aromatic rings. The minimum Gasteiger partial charge on any atom is -0.489 e. The van der Waals surface area contributed by atoms with Gasteiger partial charge in [-0.25, -0.2) is 0 Å². The molecule has 0 aromatic heterocycles. The molecule has 0 aliphatic heterocycles. The van der Waals surface area contributed by atoms with Crippen molar-refractivity contribution >= 4 is 23.2 Å². The lowest BCUT2D eigenvalue weighted by molar-refractivity contribution is -0.114. The Balaban J connectivity index is 1.98. The summed E-state index contributed by atoms with van der Waals surface area (Å²) < 4.78 is 5.70. The smallest absolute Gasteiger partial charge is 0.253 e. The molecule has 2 N–H and O–H groups in total. The first-order valence-electron chi connectivity index (χ1n) is 8.48. The summed E-state index contributed by atoms with van der Waals surface area (Å²) in [6.45, 7) is 3.94. The summed E-state index contributed by atoms with van der Waals surface area (Å²) in [4.78, 5) is 25.8. The maximum atomic E-state index is 12.2. The summed E-state index contributed by atoms with van der Waals surface area (Å²) in [5, 5.41) is 5.88. The number of benzene rings is 2. The van der Waals surface area contributed by atoms with Crippen LogP contribution in [0.15, 0.2) is 48.5 Å². The number of hydrogen-bond acceptors (Lipinski definition) is 4. The van der Waals surface area contributed by atoms with Crippen molar-refractivity contribution in [1.29, 1.82) is 0 Å². The number of nitrogens with one attached hydrogen (secondary N) is 2. The van der Waals surface area contributed by atoms with Gasteiger partial charge in [-0.05, 0) is 44.2 Å². The number of carbonyl (C=O) groups is 2. The molecular weight excluding hydrogens is 330 g/mol. The second-order valence-electron chi connectivity index (χ2n) is 6.34. The molecule has 6 heteroatoms. The van der Waals surface area contributed by atoms with Crippen molar-refractivity contribution in [3.8, 4) is 5.75 Å². The SMILES string of the molecule is CC(C)Oc1ccccc1NC(=O)CNc1cccc(C(=O)N(C)C)c1. The van der Waals surface area contributed by atoms with E-state index in [9.17, 15) is 9.59 Å². The lowest BCUT2D eigenvalue weighted by atomic mass is 10.2. The Hall–Kier alpha value is -3.02. The summed E-state index contributed by atoms with van der Waals surface area (Å²) >= 11 is 0. The molecule has 2 amide bonds. The monoisotopic (exact) mass is 355 g/mol. The number of rotatable bonds is 7. The zero-order valence-corrected chi connectivity index (χ0v) is 15.6. The fourth-order valence-corrected chi connectivity index (χ4v) is 2.32. The van der Waals surface area contributed by atoms with Crippen molar-refractivity contribution in [3.63, 3.8) is 0 Å². The summed E-state index contributed by atoms with van der Waals surface area (Å²) in [6.07, 6.45) is 0.0168. The molecule has 2 aromatic carbocycles. The van der Waals surface area contributed by atoms with Gasteiger partial charge in [0.15, 0.2) is 0 Å². The van der Waals surface area contributed by atoms with Gasteiger partial charge >= 0.3 is 0 Å². The van der Waals surface area contributed by atoms with Crippen LogP contribution in [0, 0.1) is 0 Å². The Morgan fingerprint density at radius 2 is 1.81 bits per heavy atom. The van der Waals surface area contributed by atoms with E-state index in [4.69, 9.17) is 4.74 Å². The molecule has 0 unspecified atom stereocenters. The predicted molar refractivity (Wildman–Crippen MR) is 104 cm³/mol. The molecule has 6 nitrogen and oxygen atoms in total. The Labute approximate surface area is 154 Å². The highest BCUT2D eigenvalue weighted by molar-refractivity contribution is 5.96. The highest BCUT2D eigenvalue weighted by atomic mass is 16.5. The van der Waals surface area contributed by atoms with E-state index in [0.29, 0.717) is 22.7 Å². The van der Waals surface area contributed by atoms with E-state index in [1.54, 1.807) is 38.4 Å². The standard InChI is InChI=1S/C20H25N3O3/c1-14(2)26-18-11-6-5-10-17(18)22-19(24)13-21-16-9-7-8-15(12-16)20(25)23(3)4/h5-12,14,21H,13H2,1-4H3,(H,22,24). The molecule has 2 rings (SSSR count). The molecule has 0 aliphatic carbocycles. The highest BCUT2D eigenvalue weighted by Gasteiger charge is 2.10. The van der Waals surface area contributed by atoms with Crippen LogP contribution in [0.3, 0.4) is 0 Å². The van der Waals surface area contributed by atoms with Gasteiger partial charge in [-0.15, -0.1) is 0 Å². The van der Waals surface area contributed by atoms with Gasteiger partial charge in [0.1, 0.15) is 5.75 Å². The Kier molecular flexibility index (Phi) is 6.60. The first kappa shape index (κ1) is 19.3. The van der Waals surface area contributed by atoms with Crippen LogP contribution in [-0.2, 0) is 4.79 Å². The molecular formula is C20H25N3O3. The largest absolute Gasteiger partial charge is 0.489 e. The fraction of sp³-hybridized carbons (Fsp3) is 0.300. The van der Waals surface area contributed by atoms with E-state index >= 15 is 0 Å². The van der Waals surface area contributed by atoms with Gasteiger partial charge < -0.3 is 20.3 Å². The third-order valence-corrected chi connectivity index (χ3v) is 3.49. The number of carbonyl (C=O) groups excluding carboxylic acids is 2. The fourth-order valence-electron chi connectivity index (χ4n) is 2.32. The van der Waals surface area contributed by atoms with Crippen molar-refractivity contribution in [3.05, 3.63) is 54.1 Å². The van der Waals surface area contributed by atoms with Gasteiger partial charge in [-0.2, -0.15) is 0 Å². The van der Waals surface area contributed by atoms with Gasteiger partial charge in [-0.1, -0.05) is 18.2 Å². The van der Waals surface area contributed by atoms with Crippen LogP contribution in [0.5, 0.6) is 5.75 Å². The molecule has 0 heterocycles. The van der Waals surface area contributed by atoms with E-state index in [2.05, 4.69) is 10.6 Å². The first-order valence-corrected chi connectivity index (χ1v) is 8.48. The van der Waals surface area contributed by atoms with Crippen molar-refractivity contribution in [2.24, 2.45) is 0 Å². The minimum atomic E-state index is -0.200. The van der Waals surface area contributed by atoms with Crippen molar-refractivity contribution < 1.29 is 14.3 Å². The summed E-state index contributed by atoms with van der Waals surface area (Å²) in [5.41, 5.74) is 1.90. The van der Waals surface area contributed by atoms with Crippen LogP contribution >= 0.6 is 0 Å². The summed E-state index contributed by atoms with van der Waals surface area (Å²) in [6, 6.07) is 14.4. The zero-order valence-electron chi connectivity index (χ0n) is 15.6. The molecule has 0 spiro atoms. The summed E-state index contributed by atoms with van der Waals surface area (Å²) in [5.74, 6) is 0.349. The quantitative estimate of drug-likeness (QED) is 0.800. The van der Waals surface area contributed by atoms with E-state index in [1.165, 1.54) is 4.90 Å². The molecule has 0 fully saturated rings. The Morgan fingerprint density at radius 1 is 1.08 bits per heavy atom. The van der Waals surface area contributed by atoms with Gasteiger partial charge in [0.2, 0.25) is 5.91 Å². The predicted octanol–water partition coefficient (Wildman–Crippen LogP) is 3.23. The van der Waals surface area contributed by atoms with E-state index in [1.807, 2.05) is 38.1 Å². The Bertz CT molecular complexity index is 772. The van der Waals surface area contributed by atoms with Gasteiger partial charge in [-0.3, -0.25) is 9.59 Å². The molecule has 0 saturated heterocycles. The van der Waals surface area contributed by atoms with Crippen molar-refractivity contribution in [2.45, 2.75) is 20.0 Å². The topological polar surface area (TPSA) is 70.7 Å². The maximum Gasteiger partial charge on any atom is 0.253 e. The van der Waals surface area contributed by atoms with Gasteiger partial charge in [0, 0.05) is 25.3 Å². The van der Waals surface area contributed by atoms with Crippen LogP contribution in [0.2, 0.25) is 0 Å². The highest BCUT2D eigenvalue weighted by Crippen LogP contribution is 2.24. The molecule has 0 atom stereocenters. The third-order valence-electron chi connectivity index (χ3n) is 3.49. The number of amides is 2. The Morgan fingerprint density at radius 3 is 2.50 bits per heavy atom. The maximum absolute atomic E-state index is 12.2. The molecule has 0 radical (unpaired) electrons. The van der Waals surface area contributed by atoms with E-state index in [0.717, 1.165) is 0 Å². The van der Waals surface area contributed by atoms with E-state index < -0.39 is 0 Å². The third kappa shape index (κ3) is 5.51. The normalized spacial score (nSPS) is 10.3. The molecule has 138 valence electrons. The van der Waals surface area contributed by atoms with Crippen LogP contribution in [0.1, 0.15) is 24.2 Å². The zero-order chi connectivity index (χ0) is 19.1. The minimum absolute atomic E-state index is 0.0168. The lowest BCUT2D eigenvalue weighted by Crippen LogP contribution is -2.23. The number of hydrogen-bond donors (Lipinski definition) is 2. The number of para-hydroxylation sites is 2. The molecule has 0 bridgehead atoms. The van der Waals surface area contributed by atoms with Crippen molar-refractivity contribution in [1.82, 2.24) is 4.90 Å². The average Bonchev–Trinajstić information content (AvgIpc) is 2.60. The lowest BCUT2D eigenvalue weighted by Gasteiger charge is -2.15. The molecule has 26 heavy (non-hydrogen) atoms. The number of anilines is 2. The van der Waals surface area contributed by atoms with Gasteiger partial charge in [0.25, 0.3) is 5.91 Å². The number of nitrogens with zero attached hydrogens (tertiary/aromatic N) is 1. The van der Waals surface area contributed by atoms with Crippen LogP contribution < -0.4 is 15.4 Å². The molecule has 0 saturated carbocycles.